The number of halogens is 1. The van der Waals surface area contributed by atoms with Gasteiger partial charge in [-0.3, -0.25) is 0 Å². The van der Waals surface area contributed by atoms with E-state index in [4.69, 9.17) is 0 Å². The molecule has 0 aliphatic heterocycles. The van der Waals surface area contributed by atoms with Crippen LogP contribution in [0.25, 0.3) is 10.9 Å². The van der Waals surface area contributed by atoms with Crippen molar-refractivity contribution in [2.45, 2.75) is 4.90 Å². The zero-order chi connectivity index (χ0) is 9.26. The molecule has 0 amide bonds. The van der Waals surface area contributed by atoms with Crippen LogP contribution in [-0.2, 0) is 0 Å². The van der Waals surface area contributed by atoms with Crippen molar-refractivity contribution in [2.24, 2.45) is 0 Å². The minimum absolute atomic E-state index is 0.223. The highest BCUT2D eigenvalue weighted by Gasteiger charge is 2.03. The first-order chi connectivity index (χ1) is 6.31. The van der Waals surface area contributed by atoms with Crippen molar-refractivity contribution in [2.75, 3.05) is 6.26 Å². The van der Waals surface area contributed by atoms with E-state index in [2.05, 4.69) is 9.97 Å². The molecule has 4 heteroatoms. The lowest BCUT2D eigenvalue weighted by molar-refractivity contribution is 0.604. The van der Waals surface area contributed by atoms with E-state index >= 15 is 0 Å². The molecule has 0 bridgehead atoms. The molecule has 0 spiro atoms. The van der Waals surface area contributed by atoms with Gasteiger partial charge < -0.3 is 0 Å². The fourth-order valence-corrected chi connectivity index (χ4v) is 1.64. The Labute approximate surface area is 79.2 Å². The Morgan fingerprint density at radius 3 is 3.00 bits per heavy atom. The molecular formula is C9H7FN2S. The maximum Gasteiger partial charge on any atom is 0.138 e. The van der Waals surface area contributed by atoms with Gasteiger partial charge in [0, 0.05) is 22.5 Å². The molecule has 2 nitrogen and oxygen atoms in total. The van der Waals surface area contributed by atoms with Crippen molar-refractivity contribution in [3.8, 4) is 0 Å². The molecule has 1 aromatic carbocycles. The second kappa shape index (κ2) is 3.30. The molecule has 13 heavy (non-hydrogen) atoms. The smallest absolute Gasteiger partial charge is 0.138 e. The molecule has 1 aromatic heterocycles. The zero-order valence-corrected chi connectivity index (χ0v) is 7.81. The quantitative estimate of drug-likeness (QED) is 0.652. The summed E-state index contributed by atoms with van der Waals surface area (Å²) in [7, 11) is 0. The number of nitrogens with zero attached hydrogens (tertiary/aromatic N) is 2. The van der Waals surface area contributed by atoms with E-state index in [1.54, 1.807) is 12.3 Å². The molecule has 0 unspecified atom stereocenters. The molecule has 0 fully saturated rings. The lowest BCUT2D eigenvalue weighted by Crippen LogP contribution is -1.85. The summed E-state index contributed by atoms with van der Waals surface area (Å²) in [4.78, 5) is 8.46. The molecule has 0 atom stereocenters. The van der Waals surface area contributed by atoms with Gasteiger partial charge in [-0.15, -0.1) is 11.8 Å². The minimum Gasteiger partial charge on any atom is -0.244 e. The number of benzene rings is 1. The number of rotatable bonds is 1. The fraction of sp³-hybridized carbons (Fsp3) is 0.111. The molecule has 0 saturated carbocycles. The predicted molar refractivity (Wildman–Crippen MR) is 51.3 cm³/mol. The van der Waals surface area contributed by atoms with Gasteiger partial charge in [0.05, 0.1) is 5.52 Å². The van der Waals surface area contributed by atoms with Crippen molar-refractivity contribution < 1.29 is 4.39 Å². The maximum absolute atomic E-state index is 13.2. The van der Waals surface area contributed by atoms with Crippen LogP contribution in [0.1, 0.15) is 0 Å². The van der Waals surface area contributed by atoms with Crippen LogP contribution in [0.3, 0.4) is 0 Å². The molecule has 0 aliphatic rings. The number of hydrogen-bond acceptors (Lipinski definition) is 3. The summed E-state index contributed by atoms with van der Waals surface area (Å²) >= 11 is 1.38. The van der Waals surface area contributed by atoms with Crippen LogP contribution in [-0.4, -0.2) is 16.2 Å². The number of thioether (sulfide) groups is 1. The average Bonchev–Trinajstić information content (AvgIpc) is 2.17. The van der Waals surface area contributed by atoms with Crippen molar-refractivity contribution >= 4 is 22.7 Å². The van der Waals surface area contributed by atoms with Gasteiger partial charge in [-0.05, 0) is 12.3 Å². The van der Waals surface area contributed by atoms with Crippen molar-refractivity contribution in [3.63, 3.8) is 0 Å². The Balaban J connectivity index is 2.74. The van der Waals surface area contributed by atoms with Gasteiger partial charge in [-0.2, -0.15) is 0 Å². The number of hydrogen-bond donors (Lipinski definition) is 0. The Kier molecular flexibility index (Phi) is 2.14. The Morgan fingerprint density at radius 1 is 1.38 bits per heavy atom. The van der Waals surface area contributed by atoms with Gasteiger partial charge in [0.25, 0.3) is 0 Å². The Bertz CT molecular complexity index is 445. The molecule has 0 N–H and O–H groups in total. The Hall–Kier alpha value is -1.16. The first-order valence-electron chi connectivity index (χ1n) is 3.74. The number of fused-ring (bicyclic) bond motifs is 1. The molecule has 0 aliphatic carbocycles. The monoisotopic (exact) mass is 194 g/mol. The summed E-state index contributed by atoms with van der Waals surface area (Å²) in [6.45, 7) is 0. The van der Waals surface area contributed by atoms with Gasteiger partial charge in [0.2, 0.25) is 0 Å². The largest absolute Gasteiger partial charge is 0.244 e. The van der Waals surface area contributed by atoms with Gasteiger partial charge in [-0.1, -0.05) is 0 Å². The summed E-state index contributed by atoms with van der Waals surface area (Å²) in [6.07, 6.45) is 4.94. The summed E-state index contributed by atoms with van der Waals surface area (Å²) < 4.78 is 13.2. The lowest BCUT2D eigenvalue weighted by Gasteiger charge is -2.00. The van der Waals surface area contributed by atoms with Crippen LogP contribution in [0.5, 0.6) is 0 Å². The SMILES string of the molecule is CSc1cc2cncnc2cc1F. The zero-order valence-electron chi connectivity index (χ0n) is 6.99. The van der Waals surface area contributed by atoms with E-state index in [0.717, 1.165) is 5.39 Å². The first-order valence-corrected chi connectivity index (χ1v) is 4.97. The second-order valence-electron chi connectivity index (χ2n) is 2.57. The summed E-state index contributed by atoms with van der Waals surface area (Å²) in [5, 5.41) is 0.869. The topological polar surface area (TPSA) is 25.8 Å². The third kappa shape index (κ3) is 1.49. The van der Waals surface area contributed by atoms with Crippen LogP contribution in [0, 0.1) is 5.82 Å². The van der Waals surface area contributed by atoms with E-state index in [9.17, 15) is 4.39 Å². The average molecular weight is 194 g/mol. The van der Waals surface area contributed by atoms with E-state index in [-0.39, 0.29) is 5.82 Å². The van der Waals surface area contributed by atoms with Gasteiger partial charge in [-0.25, -0.2) is 14.4 Å². The summed E-state index contributed by atoms with van der Waals surface area (Å²) in [6, 6.07) is 3.19. The molecule has 66 valence electrons. The minimum atomic E-state index is -0.223. The van der Waals surface area contributed by atoms with Crippen LogP contribution >= 0.6 is 11.8 Å². The third-order valence-corrected chi connectivity index (χ3v) is 2.53. The molecular weight excluding hydrogens is 187 g/mol. The van der Waals surface area contributed by atoms with Gasteiger partial charge in [0.15, 0.2) is 0 Å². The fourth-order valence-electron chi connectivity index (χ4n) is 1.14. The molecule has 0 radical (unpaired) electrons. The lowest BCUT2D eigenvalue weighted by atomic mass is 10.2. The van der Waals surface area contributed by atoms with Crippen LogP contribution in [0.15, 0.2) is 29.6 Å². The van der Waals surface area contributed by atoms with Crippen LogP contribution in [0.2, 0.25) is 0 Å². The predicted octanol–water partition coefficient (Wildman–Crippen LogP) is 2.49. The van der Waals surface area contributed by atoms with E-state index in [1.165, 1.54) is 24.2 Å². The molecule has 0 saturated heterocycles. The summed E-state index contributed by atoms with van der Waals surface area (Å²) in [5.74, 6) is -0.223. The standard InChI is InChI=1S/C9H7FN2S/c1-13-9-2-6-4-11-5-12-8(6)3-7(9)10/h2-5H,1H3. The normalized spacial score (nSPS) is 10.6. The van der Waals surface area contributed by atoms with E-state index in [1.807, 2.05) is 6.26 Å². The number of aromatic nitrogens is 2. The first kappa shape index (κ1) is 8.44. The highest BCUT2D eigenvalue weighted by Crippen LogP contribution is 2.23. The van der Waals surface area contributed by atoms with Gasteiger partial charge in [0.1, 0.15) is 12.1 Å². The maximum atomic E-state index is 13.2. The Morgan fingerprint density at radius 2 is 2.23 bits per heavy atom. The second-order valence-corrected chi connectivity index (χ2v) is 3.42. The highest BCUT2D eigenvalue weighted by atomic mass is 32.2. The summed E-state index contributed by atoms with van der Waals surface area (Å²) in [5.41, 5.74) is 0.644. The molecule has 2 rings (SSSR count). The molecule has 2 aromatic rings. The van der Waals surface area contributed by atoms with Crippen molar-refractivity contribution in [3.05, 3.63) is 30.5 Å². The van der Waals surface area contributed by atoms with E-state index in [0.29, 0.717) is 10.4 Å². The van der Waals surface area contributed by atoms with Crippen LogP contribution < -0.4 is 0 Å². The molecule has 1 heterocycles. The van der Waals surface area contributed by atoms with Crippen molar-refractivity contribution in [1.29, 1.82) is 0 Å². The van der Waals surface area contributed by atoms with Gasteiger partial charge >= 0.3 is 0 Å². The highest BCUT2D eigenvalue weighted by molar-refractivity contribution is 7.98. The van der Waals surface area contributed by atoms with Crippen molar-refractivity contribution in [1.82, 2.24) is 9.97 Å². The van der Waals surface area contributed by atoms with Crippen LogP contribution in [0.4, 0.5) is 4.39 Å². The third-order valence-electron chi connectivity index (χ3n) is 1.78. The van der Waals surface area contributed by atoms with E-state index < -0.39 is 0 Å².